The third-order valence-corrected chi connectivity index (χ3v) is 9.49. The smallest absolute Gasteiger partial charge is 0.341 e. The van der Waals surface area contributed by atoms with Crippen LogP contribution in [-0.2, 0) is 32.4 Å². The van der Waals surface area contributed by atoms with Crippen molar-refractivity contribution in [3.8, 4) is 5.75 Å². The third-order valence-electron chi connectivity index (χ3n) is 6.37. The zero-order valence-electron chi connectivity index (χ0n) is 20.9. The minimum Gasteiger partial charge on any atom is -0.497 e. The van der Waals surface area contributed by atoms with Crippen molar-refractivity contribution in [2.75, 3.05) is 45.2 Å². The second-order valence-corrected chi connectivity index (χ2v) is 12.3. The number of piperazine rings is 1. The van der Waals surface area contributed by atoms with E-state index in [0.29, 0.717) is 42.5 Å². The number of amides is 1. The maximum atomic E-state index is 13.0. The Kier molecular flexibility index (Phi) is 8.34. The largest absolute Gasteiger partial charge is 0.497 e. The van der Waals surface area contributed by atoms with E-state index in [1.165, 1.54) is 34.9 Å². The standard InChI is InChI=1S/C25H33N3O6S2/c1-17(2)34-25(30)23-20-6-4-5-7-21(20)35-24(23)26-22(29)16-27-12-14-28(15-13-27)36(31,32)19-10-8-18(33-3)9-11-19/h8-11,17H,4-7,12-16H2,1-3H3,(H,26,29). The molecule has 0 bridgehead atoms. The molecule has 1 fully saturated rings. The van der Waals surface area contributed by atoms with Crippen LogP contribution < -0.4 is 10.1 Å². The molecular weight excluding hydrogens is 502 g/mol. The van der Waals surface area contributed by atoms with Crippen LogP contribution in [0.4, 0.5) is 5.00 Å². The number of carbonyl (C=O) groups excluding carboxylic acids is 2. The highest BCUT2D eigenvalue weighted by atomic mass is 32.2. The van der Waals surface area contributed by atoms with Crippen molar-refractivity contribution in [1.82, 2.24) is 9.21 Å². The number of nitrogens with zero attached hydrogens (tertiary/aromatic N) is 2. The molecule has 1 amide bonds. The SMILES string of the molecule is COc1ccc(S(=O)(=O)N2CCN(CC(=O)Nc3sc4c(c3C(=O)OC(C)C)CCCC4)CC2)cc1. The molecule has 2 aliphatic rings. The van der Waals surface area contributed by atoms with Gasteiger partial charge in [0.15, 0.2) is 0 Å². The summed E-state index contributed by atoms with van der Waals surface area (Å²) >= 11 is 1.46. The number of anilines is 1. The summed E-state index contributed by atoms with van der Waals surface area (Å²) in [6.45, 7) is 5.20. The number of sulfonamides is 1. The van der Waals surface area contributed by atoms with E-state index in [2.05, 4.69) is 5.32 Å². The lowest BCUT2D eigenvalue weighted by atomic mass is 9.95. The molecule has 9 nitrogen and oxygen atoms in total. The number of fused-ring (bicyclic) bond motifs is 1. The number of esters is 1. The Morgan fingerprint density at radius 3 is 2.36 bits per heavy atom. The highest BCUT2D eigenvalue weighted by molar-refractivity contribution is 7.89. The molecule has 0 atom stereocenters. The van der Waals surface area contributed by atoms with Crippen molar-refractivity contribution in [2.24, 2.45) is 0 Å². The molecular formula is C25H33N3O6S2. The first kappa shape index (κ1) is 26.6. The second-order valence-electron chi connectivity index (χ2n) is 9.27. The number of carbonyl (C=O) groups is 2. The fraction of sp³-hybridized carbons (Fsp3) is 0.520. The van der Waals surface area contributed by atoms with Crippen LogP contribution in [0, 0.1) is 0 Å². The van der Waals surface area contributed by atoms with Crippen molar-refractivity contribution in [3.63, 3.8) is 0 Å². The fourth-order valence-corrected chi connectivity index (χ4v) is 7.25. The molecule has 0 unspecified atom stereocenters. The summed E-state index contributed by atoms with van der Waals surface area (Å²) in [6.07, 6.45) is 3.56. The van der Waals surface area contributed by atoms with Crippen molar-refractivity contribution >= 4 is 38.2 Å². The zero-order valence-corrected chi connectivity index (χ0v) is 22.5. The van der Waals surface area contributed by atoms with Gasteiger partial charge in [0.2, 0.25) is 15.9 Å². The highest BCUT2D eigenvalue weighted by Gasteiger charge is 2.31. The first-order valence-corrected chi connectivity index (χ1v) is 14.5. The van der Waals surface area contributed by atoms with E-state index < -0.39 is 16.0 Å². The minimum atomic E-state index is -3.61. The van der Waals surface area contributed by atoms with Crippen LogP contribution >= 0.6 is 11.3 Å². The molecule has 0 radical (unpaired) electrons. The number of rotatable bonds is 8. The summed E-state index contributed by atoms with van der Waals surface area (Å²) in [6, 6.07) is 6.33. The van der Waals surface area contributed by atoms with E-state index in [-0.39, 0.29) is 23.5 Å². The van der Waals surface area contributed by atoms with Crippen LogP contribution in [0.5, 0.6) is 5.75 Å². The van der Waals surface area contributed by atoms with Gasteiger partial charge in [-0.2, -0.15) is 4.31 Å². The van der Waals surface area contributed by atoms with Crippen LogP contribution in [0.2, 0.25) is 0 Å². The van der Waals surface area contributed by atoms with Gasteiger partial charge >= 0.3 is 5.97 Å². The van der Waals surface area contributed by atoms with Gasteiger partial charge in [0.1, 0.15) is 10.8 Å². The third kappa shape index (κ3) is 5.91. The Hall–Kier alpha value is -2.47. The summed E-state index contributed by atoms with van der Waals surface area (Å²) in [5.74, 6) is -0.0206. The number of benzene rings is 1. The molecule has 0 saturated carbocycles. The van der Waals surface area contributed by atoms with Crippen molar-refractivity contribution in [3.05, 3.63) is 40.3 Å². The molecule has 1 aromatic carbocycles. The monoisotopic (exact) mass is 535 g/mol. The highest BCUT2D eigenvalue weighted by Crippen LogP contribution is 2.38. The molecule has 1 aromatic heterocycles. The lowest BCUT2D eigenvalue weighted by Gasteiger charge is -2.33. The number of hydrogen-bond acceptors (Lipinski definition) is 8. The second kappa shape index (κ2) is 11.3. The normalized spacial score (nSPS) is 17.0. The van der Waals surface area contributed by atoms with Crippen molar-refractivity contribution in [1.29, 1.82) is 0 Å². The molecule has 0 spiro atoms. The summed E-state index contributed by atoms with van der Waals surface area (Å²) in [5.41, 5.74) is 1.50. The van der Waals surface area contributed by atoms with Gasteiger partial charge < -0.3 is 14.8 Å². The Morgan fingerprint density at radius 2 is 1.72 bits per heavy atom. The summed E-state index contributed by atoms with van der Waals surface area (Å²) in [4.78, 5) is 29.0. The van der Waals surface area contributed by atoms with Gasteiger partial charge in [-0.3, -0.25) is 9.69 Å². The zero-order chi connectivity index (χ0) is 25.9. The first-order chi connectivity index (χ1) is 17.2. The summed E-state index contributed by atoms with van der Waals surface area (Å²) < 4.78 is 38.0. The Balaban J connectivity index is 1.37. The predicted molar refractivity (Wildman–Crippen MR) is 138 cm³/mol. The lowest BCUT2D eigenvalue weighted by Crippen LogP contribution is -2.50. The van der Waals surface area contributed by atoms with Gasteiger partial charge in [0.25, 0.3) is 0 Å². The van der Waals surface area contributed by atoms with Crippen LogP contribution in [0.25, 0.3) is 0 Å². The van der Waals surface area contributed by atoms with E-state index in [9.17, 15) is 18.0 Å². The Bertz CT molecular complexity index is 1200. The Morgan fingerprint density at radius 1 is 1.06 bits per heavy atom. The van der Waals surface area contributed by atoms with Crippen LogP contribution in [0.1, 0.15) is 47.5 Å². The number of ether oxygens (including phenoxy) is 2. The van der Waals surface area contributed by atoms with Gasteiger partial charge in [-0.05, 0) is 69.4 Å². The van der Waals surface area contributed by atoms with Crippen LogP contribution in [-0.4, -0.2) is 75.4 Å². The topological polar surface area (TPSA) is 105 Å². The van der Waals surface area contributed by atoms with Gasteiger partial charge in [-0.15, -0.1) is 11.3 Å². The number of aryl methyl sites for hydroxylation is 1. The van der Waals surface area contributed by atoms with Gasteiger partial charge in [-0.25, -0.2) is 13.2 Å². The van der Waals surface area contributed by atoms with Gasteiger partial charge in [-0.1, -0.05) is 0 Å². The number of nitrogens with one attached hydrogen (secondary N) is 1. The van der Waals surface area contributed by atoms with Crippen LogP contribution in [0.15, 0.2) is 29.2 Å². The van der Waals surface area contributed by atoms with E-state index in [4.69, 9.17) is 9.47 Å². The average Bonchev–Trinajstić information content (AvgIpc) is 3.21. The number of thiophene rings is 1. The summed E-state index contributed by atoms with van der Waals surface area (Å²) in [7, 11) is -2.08. The molecule has 1 N–H and O–H groups in total. The fourth-order valence-electron chi connectivity index (χ4n) is 4.54. The van der Waals surface area contributed by atoms with Gasteiger partial charge in [0.05, 0.1) is 30.2 Å². The van der Waals surface area contributed by atoms with Crippen molar-refractivity contribution < 1.29 is 27.5 Å². The summed E-state index contributed by atoms with van der Waals surface area (Å²) in [5, 5.41) is 3.49. The quantitative estimate of drug-likeness (QED) is 0.518. The molecule has 196 valence electrons. The first-order valence-electron chi connectivity index (χ1n) is 12.2. The Labute approximate surface area is 216 Å². The molecule has 2 aromatic rings. The molecule has 36 heavy (non-hydrogen) atoms. The molecule has 4 rings (SSSR count). The van der Waals surface area contributed by atoms with E-state index in [1.807, 2.05) is 18.7 Å². The van der Waals surface area contributed by atoms with E-state index in [1.54, 1.807) is 12.1 Å². The lowest BCUT2D eigenvalue weighted by molar-refractivity contribution is -0.117. The molecule has 1 saturated heterocycles. The van der Waals surface area contributed by atoms with Crippen LogP contribution in [0.3, 0.4) is 0 Å². The maximum absolute atomic E-state index is 13.0. The average molecular weight is 536 g/mol. The van der Waals surface area contributed by atoms with E-state index >= 15 is 0 Å². The van der Waals surface area contributed by atoms with Crippen molar-refractivity contribution in [2.45, 2.75) is 50.5 Å². The van der Waals surface area contributed by atoms with Gasteiger partial charge in [0, 0.05) is 31.1 Å². The molecule has 1 aliphatic carbocycles. The maximum Gasteiger partial charge on any atom is 0.341 e. The number of hydrogen-bond donors (Lipinski definition) is 1. The predicted octanol–water partition coefficient (Wildman–Crippen LogP) is 3.15. The molecule has 11 heteroatoms. The number of methoxy groups -OCH3 is 1. The van der Waals surface area contributed by atoms with E-state index in [0.717, 1.165) is 36.1 Å². The molecule has 1 aliphatic heterocycles. The molecule has 2 heterocycles. The minimum absolute atomic E-state index is 0.123.